The number of rotatable bonds is 1. The molecule has 1 heterocycles. The SMILES string of the molecule is Cc1nc(C#N)cc(C(C)C)n1. The lowest BCUT2D eigenvalue weighted by Gasteiger charge is -2.04. The van der Waals surface area contributed by atoms with Gasteiger partial charge in [-0.3, -0.25) is 0 Å². The number of nitriles is 1. The molecule has 0 bridgehead atoms. The molecule has 3 nitrogen and oxygen atoms in total. The van der Waals surface area contributed by atoms with Gasteiger partial charge in [0.1, 0.15) is 17.6 Å². The molecule has 0 spiro atoms. The second kappa shape index (κ2) is 3.31. The normalized spacial score (nSPS) is 9.92. The van der Waals surface area contributed by atoms with Crippen molar-refractivity contribution >= 4 is 0 Å². The van der Waals surface area contributed by atoms with Crippen molar-refractivity contribution in [2.24, 2.45) is 0 Å². The van der Waals surface area contributed by atoms with Crippen LogP contribution in [0, 0.1) is 18.3 Å². The molecular weight excluding hydrogens is 150 g/mol. The van der Waals surface area contributed by atoms with Crippen LogP contribution in [0.15, 0.2) is 6.07 Å². The summed E-state index contributed by atoms with van der Waals surface area (Å²) < 4.78 is 0. The highest BCUT2D eigenvalue weighted by atomic mass is 14.9. The first kappa shape index (κ1) is 8.66. The van der Waals surface area contributed by atoms with Gasteiger partial charge in [0.25, 0.3) is 0 Å². The molecule has 0 saturated carbocycles. The third kappa shape index (κ3) is 1.79. The first-order valence-corrected chi connectivity index (χ1v) is 3.89. The Bertz CT molecular complexity index is 323. The van der Waals surface area contributed by atoms with E-state index < -0.39 is 0 Å². The summed E-state index contributed by atoms with van der Waals surface area (Å²) in [6.07, 6.45) is 0. The predicted molar refractivity (Wildman–Crippen MR) is 45.6 cm³/mol. The summed E-state index contributed by atoms with van der Waals surface area (Å²) in [6, 6.07) is 3.75. The van der Waals surface area contributed by atoms with Crippen LogP contribution in [0.2, 0.25) is 0 Å². The molecule has 62 valence electrons. The first-order chi connectivity index (χ1) is 5.63. The van der Waals surface area contributed by atoms with Crippen molar-refractivity contribution in [2.75, 3.05) is 0 Å². The van der Waals surface area contributed by atoms with E-state index in [1.807, 2.05) is 19.9 Å². The lowest BCUT2D eigenvalue weighted by Crippen LogP contribution is -1.99. The van der Waals surface area contributed by atoms with Gasteiger partial charge < -0.3 is 0 Å². The lowest BCUT2D eigenvalue weighted by atomic mass is 10.1. The number of hydrogen-bond donors (Lipinski definition) is 0. The van der Waals surface area contributed by atoms with Crippen LogP contribution >= 0.6 is 0 Å². The van der Waals surface area contributed by atoms with Crippen LogP contribution in [0.1, 0.15) is 37.0 Å². The van der Waals surface area contributed by atoms with Gasteiger partial charge in [-0.15, -0.1) is 0 Å². The Hall–Kier alpha value is -1.43. The number of aromatic nitrogens is 2. The van der Waals surface area contributed by atoms with E-state index in [1.165, 1.54) is 0 Å². The fourth-order valence-corrected chi connectivity index (χ4v) is 0.944. The maximum absolute atomic E-state index is 8.63. The van der Waals surface area contributed by atoms with E-state index in [1.54, 1.807) is 13.0 Å². The van der Waals surface area contributed by atoms with Gasteiger partial charge in [-0.2, -0.15) is 5.26 Å². The van der Waals surface area contributed by atoms with Gasteiger partial charge in [-0.1, -0.05) is 13.8 Å². The summed E-state index contributed by atoms with van der Waals surface area (Å²) in [7, 11) is 0. The van der Waals surface area contributed by atoms with Crippen molar-refractivity contribution in [3.63, 3.8) is 0 Å². The molecule has 12 heavy (non-hydrogen) atoms. The van der Waals surface area contributed by atoms with Crippen molar-refractivity contribution in [2.45, 2.75) is 26.7 Å². The van der Waals surface area contributed by atoms with Crippen LogP contribution in [-0.4, -0.2) is 9.97 Å². The Labute approximate surface area is 72.1 Å². The van der Waals surface area contributed by atoms with E-state index in [4.69, 9.17) is 5.26 Å². The van der Waals surface area contributed by atoms with E-state index in [9.17, 15) is 0 Å². The van der Waals surface area contributed by atoms with Gasteiger partial charge in [0.2, 0.25) is 0 Å². The van der Waals surface area contributed by atoms with E-state index in [-0.39, 0.29) is 0 Å². The van der Waals surface area contributed by atoms with Crippen LogP contribution < -0.4 is 0 Å². The van der Waals surface area contributed by atoms with Gasteiger partial charge in [-0.05, 0) is 18.9 Å². The Kier molecular flexibility index (Phi) is 2.39. The predicted octanol–water partition coefficient (Wildman–Crippen LogP) is 1.78. The summed E-state index contributed by atoms with van der Waals surface area (Å²) in [5, 5.41) is 8.63. The minimum absolute atomic E-state index is 0.346. The monoisotopic (exact) mass is 161 g/mol. The molecule has 0 radical (unpaired) electrons. The average molecular weight is 161 g/mol. The third-order valence-electron chi connectivity index (χ3n) is 1.56. The minimum Gasteiger partial charge on any atom is -0.238 e. The molecule has 0 aliphatic heterocycles. The van der Waals surface area contributed by atoms with Gasteiger partial charge in [0.15, 0.2) is 0 Å². The van der Waals surface area contributed by atoms with Crippen LogP contribution in [0.4, 0.5) is 0 Å². The second-order valence-corrected chi connectivity index (χ2v) is 2.99. The molecule has 1 aromatic rings. The van der Waals surface area contributed by atoms with Gasteiger partial charge in [0, 0.05) is 5.69 Å². The summed E-state index contributed by atoms with van der Waals surface area (Å²) in [4.78, 5) is 8.18. The molecule has 1 aromatic heterocycles. The summed E-state index contributed by atoms with van der Waals surface area (Å²) in [6.45, 7) is 5.89. The van der Waals surface area contributed by atoms with E-state index in [0.717, 1.165) is 5.69 Å². The van der Waals surface area contributed by atoms with Gasteiger partial charge >= 0.3 is 0 Å². The van der Waals surface area contributed by atoms with Crippen LogP contribution in [-0.2, 0) is 0 Å². The Morgan fingerprint density at radius 1 is 1.42 bits per heavy atom. The molecular formula is C9H11N3. The number of hydrogen-bond acceptors (Lipinski definition) is 3. The highest BCUT2D eigenvalue weighted by molar-refractivity contribution is 5.24. The van der Waals surface area contributed by atoms with E-state index >= 15 is 0 Å². The highest BCUT2D eigenvalue weighted by Crippen LogP contribution is 2.11. The number of aryl methyl sites for hydroxylation is 1. The summed E-state index contributed by atoms with van der Waals surface area (Å²) >= 11 is 0. The van der Waals surface area contributed by atoms with E-state index in [2.05, 4.69) is 9.97 Å². The summed E-state index contributed by atoms with van der Waals surface area (Å²) in [5.74, 6) is 1.01. The molecule has 1 rings (SSSR count). The molecule has 0 fully saturated rings. The van der Waals surface area contributed by atoms with Gasteiger partial charge in [0.05, 0.1) is 0 Å². The van der Waals surface area contributed by atoms with Crippen molar-refractivity contribution in [3.05, 3.63) is 23.3 Å². The molecule has 0 N–H and O–H groups in total. The highest BCUT2D eigenvalue weighted by Gasteiger charge is 2.04. The molecule has 0 amide bonds. The quantitative estimate of drug-likeness (QED) is 0.630. The van der Waals surface area contributed by atoms with Crippen molar-refractivity contribution in [1.82, 2.24) is 9.97 Å². The van der Waals surface area contributed by atoms with Gasteiger partial charge in [-0.25, -0.2) is 9.97 Å². The zero-order chi connectivity index (χ0) is 9.14. The largest absolute Gasteiger partial charge is 0.238 e. The molecule has 0 aromatic carbocycles. The zero-order valence-electron chi connectivity index (χ0n) is 7.50. The van der Waals surface area contributed by atoms with Crippen molar-refractivity contribution < 1.29 is 0 Å². The first-order valence-electron chi connectivity index (χ1n) is 3.89. The topological polar surface area (TPSA) is 49.6 Å². The molecule has 3 heteroatoms. The molecule has 0 saturated heterocycles. The third-order valence-corrected chi connectivity index (χ3v) is 1.56. The second-order valence-electron chi connectivity index (χ2n) is 2.99. The molecule has 0 aliphatic rings. The van der Waals surface area contributed by atoms with Crippen molar-refractivity contribution in [1.29, 1.82) is 5.26 Å². The standard InChI is InChI=1S/C9H11N3/c1-6(2)9-4-8(5-10)11-7(3)12-9/h4,6H,1-3H3. The van der Waals surface area contributed by atoms with Crippen molar-refractivity contribution in [3.8, 4) is 6.07 Å². The minimum atomic E-state index is 0.346. The maximum atomic E-state index is 8.63. The molecule has 0 atom stereocenters. The zero-order valence-corrected chi connectivity index (χ0v) is 7.50. The van der Waals surface area contributed by atoms with Crippen LogP contribution in [0.3, 0.4) is 0 Å². The van der Waals surface area contributed by atoms with Crippen LogP contribution in [0.25, 0.3) is 0 Å². The Morgan fingerprint density at radius 3 is 2.58 bits per heavy atom. The lowest BCUT2D eigenvalue weighted by molar-refractivity contribution is 0.799. The van der Waals surface area contributed by atoms with E-state index in [0.29, 0.717) is 17.4 Å². The molecule has 0 unspecified atom stereocenters. The molecule has 0 aliphatic carbocycles. The maximum Gasteiger partial charge on any atom is 0.144 e. The Morgan fingerprint density at radius 2 is 2.08 bits per heavy atom. The Balaban J connectivity index is 3.17. The average Bonchev–Trinajstić information content (AvgIpc) is 2.03. The summed E-state index contributed by atoms with van der Waals surface area (Å²) in [5.41, 5.74) is 1.38. The van der Waals surface area contributed by atoms with Crippen LogP contribution in [0.5, 0.6) is 0 Å². The number of nitrogens with zero attached hydrogens (tertiary/aromatic N) is 3. The smallest absolute Gasteiger partial charge is 0.144 e. The fraction of sp³-hybridized carbons (Fsp3) is 0.444. The fourth-order valence-electron chi connectivity index (χ4n) is 0.944.